The lowest BCUT2D eigenvalue weighted by Crippen LogP contribution is -2.13. The van der Waals surface area contributed by atoms with E-state index in [1.54, 1.807) is 30.3 Å². The lowest BCUT2D eigenvalue weighted by Gasteiger charge is -2.06. The molecule has 138 valence electrons. The van der Waals surface area contributed by atoms with Crippen molar-refractivity contribution in [1.82, 2.24) is 4.98 Å². The van der Waals surface area contributed by atoms with E-state index in [2.05, 4.69) is 10.3 Å². The summed E-state index contributed by atoms with van der Waals surface area (Å²) in [6.07, 6.45) is 0. The number of nitrogens with zero attached hydrogens (tertiary/aromatic N) is 2. The lowest BCUT2D eigenvalue weighted by molar-refractivity contribution is -0.385. The Morgan fingerprint density at radius 3 is 2.57 bits per heavy atom. The van der Waals surface area contributed by atoms with Crippen LogP contribution < -0.4 is 5.32 Å². The van der Waals surface area contributed by atoms with Crippen LogP contribution in [0.15, 0.2) is 71.1 Å². The smallest absolute Gasteiger partial charge is 0.282 e. The Hall–Kier alpha value is -4.00. The third-order valence-corrected chi connectivity index (χ3v) is 4.28. The monoisotopic (exact) mass is 373 g/mol. The van der Waals surface area contributed by atoms with Crippen LogP contribution in [0.25, 0.3) is 22.6 Å². The van der Waals surface area contributed by atoms with Gasteiger partial charge in [-0.1, -0.05) is 18.2 Å². The third kappa shape index (κ3) is 3.33. The van der Waals surface area contributed by atoms with Gasteiger partial charge < -0.3 is 9.73 Å². The summed E-state index contributed by atoms with van der Waals surface area (Å²) >= 11 is 0. The summed E-state index contributed by atoms with van der Waals surface area (Å²) in [5.41, 5.74) is 3.62. The summed E-state index contributed by atoms with van der Waals surface area (Å²) < 4.78 is 5.77. The summed E-state index contributed by atoms with van der Waals surface area (Å²) in [6, 6.07) is 18.5. The third-order valence-electron chi connectivity index (χ3n) is 4.28. The van der Waals surface area contributed by atoms with Gasteiger partial charge in [-0.05, 0) is 55.0 Å². The number of amides is 1. The highest BCUT2D eigenvalue weighted by atomic mass is 16.6. The summed E-state index contributed by atoms with van der Waals surface area (Å²) in [4.78, 5) is 27.4. The van der Waals surface area contributed by atoms with E-state index in [4.69, 9.17) is 4.42 Å². The van der Waals surface area contributed by atoms with Crippen molar-refractivity contribution in [3.63, 3.8) is 0 Å². The normalized spacial score (nSPS) is 10.8. The Balaban J connectivity index is 1.56. The van der Waals surface area contributed by atoms with Gasteiger partial charge in [0.2, 0.25) is 5.89 Å². The predicted molar refractivity (Wildman–Crippen MR) is 105 cm³/mol. The molecule has 4 rings (SSSR count). The van der Waals surface area contributed by atoms with Crippen molar-refractivity contribution >= 4 is 28.4 Å². The number of nitro groups is 1. The number of hydrogen-bond acceptors (Lipinski definition) is 5. The molecule has 0 saturated carbocycles. The molecule has 1 heterocycles. The average Bonchev–Trinajstić information content (AvgIpc) is 3.11. The minimum absolute atomic E-state index is 0.00546. The first kappa shape index (κ1) is 17.4. The Labute approximate surface area is 159 Å². The fourth-order valence-electron chi connectivity index (χ4n) is 2.88. The van der Waals surface area contributed by atoms with Crippen LogP contribution in [-0.4, -0.2) is 15.8 Å². The van der Waals surface area contributed by atoms with Gasteiger partial charge in [-0.15, -0.1) is 0 Å². The highest BCUT2D eigenvalue weighted by Gasteiger charge is 2.19. The first-order valence-electron chi connectivity index (χ1n) is 8.54. The molecule has 28 heavy (non-hydrogen) atoms. The second-order valence-corrected chi connectivity index (χ2v) is 6.30. The van der Waals surface area contributed by atoms with Crippen molar-refractivity contribution < 1.29 is 14.1 Å². The van der Waals surface area contributed by atoms with Gasteiger partial charge in [0.15, 0.2) is 5.58 Å². The zero-order chi connectivity index (χ0) is 19.7. The summed E-state index contributed by atoms with van der Waals surface area (Å²) in [6.45, 7) is 1.99. The lowest BCUT2D eigenvalue weighted by atomic mass is 10.1. The molecule has 1 N–H and O–H groups in total. The molecule has 0 fully saturated rings. The molecule has 1 amide bonds. The van der Waals surface area contributed by atoms with E-state index in [-0.39, 0.29) is 11.3 Å². The first-order valence-corrected chi connectivity index (χ1v) is 8.54. The SMILES string of the molecule is Cc1ccc2oc(-c3ccc(NC(=O)c4ccccc4[N+](=O)[O-])cc3)nc2c1. The van der Waals surface area contributed by atoms with Crippen LogP contribution in [0.4, 0.5) is 11.4 Å². The number of carbonyl (C=O) groups is 1. The van der Waals surface area contributed by atoms with Crippen LogP contribution in [0.5, 0.6) is 0 Å². The Morgan fingerprint density at radius 1 is 1.07 bits per heavy atom. The number of oxazole rings is 1. The topological polar surface area (TPSA) is 98.3 Å². The van der Waals surface area contributed by atoms with Crippen molar-refractivity contribution in [3.8, 4) is 11.5 Å². The maximum atomic E-state index is 12.4. The number of nitrogens with one attached hydrogen (secondary N) is 1. The van der Waals surface area contributed by atoms with Gasteiger partial charge in [-0.3, -0.25) is 14.9 Å². The zero-order valence-electron chi connectivity index (χ0n) is 14.9. The van der Waals surface area contributed by atoms with E-state index in [1.807, 2.05) is 25.1 Å². The minimum Gasteiger partial charge on any atom is -0.436 e. The molecule has 0 aliphatic rings. The number of hydrogen-bond donors (Lipinski definition) is 1. The van der Waals surface area contributed by atoms with Crippen LogP contribution in [0.2, 0.25) is 0 Å². The number of anilines is 1. The van der Waals surface area contributed by atoms with Crippen LogP contribution >= 0.6 is 0 Å². The number of rotatable bonds is 4. The Bertz CT molecular complexity index is 1200. The quantitative estimate of drug-likeness (QED) is 0.402. The highest BCUT2D eigenvalue weighted by molar-refractivity contribution is 6.07. The fraction of sp³-hybridized carbons (Fsp3) is 0.0476. The molecule has 0 atom stereocenters. The van der Waals surface area contributed by atoms with Gasteiger partial charge in [-0.2, -0.15) is 0 Å². The predicted octanol–water partition coefficient (Wildman–Crippen LogP) is 4.96. The molecular formula is C21H15N3O4. The molecule has 0 bridgehead atoms. The zero-order valence-corrected chi connectivity index (χ0v) is 14.9. The van der Waals surface area contributed by atoms with Crippen molar-refractivity contribution in [1.29, 1.82) is 0 Å². The van der Waals surface area contributed by atoms with Crippen molar-refractivity contribution in [2.45, 2.75) is 6.92 Å². The van der Waals surface area contributed by atoms with E-state index < -0.39 is 10.8 Å². The molecule has 4 aromatic rings. The van der Waals surface area contributed by atoms with E-state index in [0.29, 0.717) is 17.2 Å². The second-order valence-electron chi connectivity index (χ2n) is 6.30. The van der Waals surface area contributed by atoms with E-state index in [1.165, 1.54) is 18.2 Å². The Kier molecular flexibility index (Phi) is 4.33. The van der Waals surface area contributed by atoms with Crippen LogP contribution in [0.1, 0.15) is 15.9 Å². The molecule has 0 radical (unpaired) electrons. The van der Waals surface area contributed by atoms with E-state index >= 15 is 0 Å². The summed E-state index contributed by atoms with van der Waals surface area (Å²) in [7, 11) is 0. The van der Waals surface area contributed by atoms with Crippen molar-refractivity contribution in [2.75, 3.05) is 5.32 Å². The molecule has 0 unspecified atom stereocenters. The molecule has 7 heteroatoms. The van der Waals surface area contributed by atoms with Crippen molar-refractivity contribution in [2.24, 2.45) is 0 Å². The number of carbonyl (C=O) groups excluding carboxylic acids is 1. The average molecular weight is 373 g/mol. The summed E-state index contributed by atoms with van der Waals surface area (Å²) in [5.74, 6) is -0.0606. The number of aryl methyl sites for hydroxylation is 1. The number of nitro benzene ring substituents is 1. The van der Waals surface area contributed by atoms with Gasteiger partial charge in [-0.25, -0.2) is 4.98 Å². The van der Waals surface area contributed by atoms with Crippen LogP contribution in [-0.2, 0) is 0 Å². The largest absolute Gasteiger partial charge is 0.436 e. The molecule has 0 aliphatic carbocycles. The molecule has 3 aromatic carbocycles. The Morgan fingerprint density at radius 2 is 1.82 bits per heavy atom. The van der Waals surface area contributed by atoms with Gasteiger partial charge in [0.25, 0.3) is 11.6 Å². The second kappa shape index (κ2) is 6.96. The van der Waals surface area contributed by atoms with E-state index in [9.17, 15) is 14.9 Å². The molecule has 0 spiro atoms. The standard InChI is InChI=1S/C21H15N3O4/c1-13-6-11-19-17(12-13)23-21(28-19)14-7-9-15(10-8-14)22-20(25)16-4-2-3-5-18(16)24(26)27/h2-12H,1H3,(H,22,25). The molecule has 0 saturated heterocycles. The maximum Gasteiger partial charge on any atom is 0.282 e. The molecule has 7 nitrogen and oxygen atoms in total. The number of aromatic nitrogens is 1. The van der Waals surface area contributed by atoms with E-state index in [0.717, 1.165) is 16.6 Å². The summed E-state index contributed by atoms with van der Waals surface area (Å²) in [5, 5.41) is 13.8. The molecule has 0 aliphatic heterocycles. The van der Waals surface area contributed by atoms with Gasteiger partial charge in [0, 0.05) is 17.3 Å². The fourth-order valence-corrected chi connectivity index (χ4v) is 2.88. The maximum absolute atomic E-state index is 12.4. The molecular weight excluding hydrogens is 358 g/mol. The number of fused-ring (bicyclic) bond motifs is 1. The number of para-hydroxylation sites is 1. The minimum atomic E-state index is -0.576. The highest BCUT2D eigenvalue weighted by Crippen LogP contribution is 2.26. The van der Waals surface area contributed by atoms with Gasteiger partial charge in [0.1, 0.15) is 11.1 Å². The van der Waals surface area contributed by atoms with Crippen LogP contribution in [0.3, 0.4) is 0 Å². The van der Waals surface area contributed by atoms with Crippen LogP contribution in [0, 0.1) is 17.0 Å². The van der Waals surface area contributed by atoms with Gasteiger partial charge in [0.05, 0.1) is 4.92 Å². The number of benzene rings is 3. The van der Waals surface area contributed by atoms with Crippen molar-refractivity contribution in [3.05, 3.63) is 88.0 Å². The molecule has 1 aromatic heterocycles. The van der Waals surface area contributed by atoms with Gasteiger partial charge >= 0.3 is 0 Å². The first-order chi connectivity index (χ1) is 13.5.